The molecule has 0 spiro atoms. The largest absolute Gasteiger partial charge is 0.311 e. The van der Waals surface area contributed by atoms with E-state index in [-0.39, 0.29) is 5.78 Å². The summed E-state index contributed by atoms with van der Waals surface area (Å²) in [7, 11) is 0. The molecular formula is C25H18ClNOS. The van der Waals surface area contributed by atoms with Crippen molar-refractivity contribution in [1.82, 2.24) is 0 Å². The maximum atomic E-state index is 12.2. The number of carbonyl (C=O) groups excluding carboxylic acids is 1. The fourth-order valence-corrected chi connectivity index (χ4v) is 4.00. The van der Waals surface area contributed by atoms with Gasteiger partial charge < -0.3 is 4.90 Å². The Hall–Kier alpha value is -3.14. The molecule has 0 fully saturated rings. The summed E-state index contributed by atoms with van der Waals surface area (Å²) in [6.07, 6.45) is 3.42. The number of hydrogen-bond donors (Lipinski definition) is 0. The van der Waals surface area contributed by atoms with Crippen molar-refractivity contribution in [1.29, 1.82) is 0 Å². The molecule has 3 aromatic carbocycles. The van der Waals surface area contributed by atoms with Gasteiger partial charge in [0, 0.05) is 17.1 Å². The van der Waals surface area contributed by atoms with Crippen LogP contribution in [0, 0.1) is 0 Å². The number of ketones is 1. The van der Waals surface area contributed by atoms with Crippen molar-refractivity contribution in [2.75, 3.05) is 4.90 Å². The summed E-state index contributed by atoms with van der Waals surface area (Å²) in [4.78, 5) is 15.1. The number of allylic oxidation sites excluding steroid dienone is 1. The van der Waals surface area contributed by atoms with Gasteiger partial charge in [0.25, 0.3) is 0 Å². The standard InChI is InChI=1S/C25H18ClNOS/c26-25-18-17-24(29-25)23(28)16-13-19-11-14-22(15-12-19)27(20-7-3-1-4-8-20)21-9-5-2-6-10-21/h1-18H/b16-13+. The van der Waals surface area contributed by atoms with Crippen molar-refractivity contribution in [3.8, 4) is 0 Å². The molecule has 0 unspecified atom stereocenters. The number of rotatable bonds is 6. The summed E-state index contributed by atoms with van der Waals surface area (Å²) in [5, 5.41) is 0. The number of para-hydroxylation sites is 2. The number of hydrogen-bond acceptors (Lipinski definition) is 3. The molecule has 1 heterocycles. The Morgan fingerprint density at radius 1 is 0.724 bits per heavy atom. The van der Waals surface area contributed by atoms with Crippen LogP contribution in [0.25, 0.3) is 6.08 Å². The third kappa shape index (κ3) is 4.65. The molecule has 1 aromatic heterocycles. The Morgan fingerprint density at radius 3 is 1.79 bits per heavy atom. The van der Waals surface area contributed by atoms with E-state index in [2.05, 4.69) is 41.3 Å². The lowest BCUT2D eigenvalue weighted by molar-refractivity contribution is 0.105. The molecule has 0 bridgehead atoms. The molecule has 142 valence electrons. The first-order valence-corrected chi connectivity index (χ1v) is 10.4. The number of carbonyl (C=O) groups is 1. The summed E-state index contributed by atoms with van der Waals surface area (Å²) in [6.45, 7) is 0. The molecule has 4 heteroatoms. The van der Waals surface area contributed by atoms with Gasteiger partial charge in [0.1, 0.15) is 0 Å². The van der Waals surface area contributed by atoms with Gasteiger partial charge in [-0.3, -0.25) is 4.79 Å². The van der Waals surface area contributed by atoms with E-state index in [1.54, 1.807) is 18.2 Å². The second-order valence-corrected chi connectivity index (χ2v) is 8.11. The number of thiophene rings is 1. The van der Waals surface area contributed by atoms with Crippen LogP contribution in [0.15, 0.2) is 103 Å². The topological polar surface area (TPSA) is 20.3 Å². The molecule has 0 amide bonds. The molecule has 4 rings (SSSR count). The highest BCUT2D eigenvalue weighted by atomic mass is 35.5. The van der Waals surface area contributed by atoms with Gasteiger partial charge in [-0.25, -0.2) is 0 Å². The van der Waals surface area contributed by atoms with E-state index in [1.165, 1.54) is 11.3 Å². The van der Waals surface area contributed by atoms with Crippen LogP contribution < -0.4 is 4.90 Å². The second-order valence-electron chi connectivity index (χ2n) is 6.40. The molecule has 0 aliphatic heterocycles. The Kier molecular flexibility index (Phi) is 5.89. The predicted octanol–water partition coefficient (Wildman–Crippen LogP) is 7.77. The molecule has 4 aromatic rings. The normalized spacial score (nSPS) is 10.9. The van der Waals surface area contributed by atoms with E-state index in [0.717, 1.165) is 22.6 Å². The average Bonchev–Trinajstić information content (AvgIpc) is 3.21. The van der Waals surface area contributed by atoms with E-state index >= 15 is 0 Å². The van der Waals surface area contributed by atoms with Gasteiger partial charge in [-0.1, -0.05) is 66.2 Å². The van der Waals surface area contributed by atoms with Gasteiger partial charge in [-0.15, -0.1) is 11.3 Å². The summed E-state index contributed by atoms with van der Waals surface area (Å²) >= 11 is 7.20. The van der Waals surface area contributed by atoms with Crippen LogP contribution in [0.3, 0.4) is 0 Å². The average molecular weight is 416 g/mol. The maximum Gasteiger partial charge on any atom is 0.195 e. The molecule has 0 atom stereocenters. The smallest absolute Gasteiger partial charge is 0.195 e. The van der Waals surface area contributed by atoms with Crippen LogP contribution in [0.4, 0.5) is 17.1 Å². The first-order valence-electron chi connectivity index (χ1n) is 9.19. The van der Waals surface area contributed by atoms with Crippen LogP contribution in [0.2, 0.25) is 4.34 Å². The minimum Gasteiger partial charge on any atom is -0.311 e. The second kappa shape index (κ2) is 8.91. The predicted molar refractivity (Wildman–Crippen MR) is 124 cm³/mol. The monoisotopic (exact) mass is 415 g/mol. The lowest BCUT2D eigenvalue weighted by atomic mass is 10.1. The lowest BCUT2D eigenvalue weighted by Crippen LogP contribution is -2.09. The molecule has 0 aliphatic carbocycles. The van der Waals surface area contributed by atoms with Gasteiger partial charge in [0.2, 0.25) is 0 Å². The van der Waals surface area contributed by atoms with E-state index in [1.807, 2.05) is 54.6 Å². The fourth-order valence-electron chi connectivity index (χ4n) is 3.04. The van der Waals surface area contributed by atoms with Crippen LogP contribution >= 0.6 is 22.9 Å². The van der Waals surface area contributed by atoms with Gasteiger partial charge in [-0.05, 0) is 60.2 Å². The molecule has 0 N–H and O–H groups in total. The van der Waals surface area contributed by atoms with E-state index < -0.39 is 0 Å². The Bertz CT molecular complexity index is 1080. The number of benzene rings is 3. The number of nitrogens with zero attached hydrogens (tertiary/aromatic N) is 1. The molecule has 2 nitrogen and oxygen atoms in total. The van der Waals surface area contributed by atoms with Crippen LogP contribution in [-0.2, 0) is 0 Å². The summed E-state index contributed by atoms with van der Waals surface area (Å²) in [5.41, 5.74) is 4.19. The fraction of sp³-hybridized carbons (Fsp3) is 0. The zero-order chi connectivity index (χ0) is 20.1. The quantitative estimate of drug-likeness (QED) is 0.237. The molecule has 0 saturated carbocycles. The van der Waals surface area contributed by atoms with Gasteiger partial charge in [-0.2, -0.15) is 0 Å². The van der Waals surface area contributed by atoms with E-state index in [9.17, 15) is 4.79 Å². The van der Waals surface area contributed by atoms with Gasteiger partial charge in [0.05, 0.1) is 9.21 Å². The van der Waals surface area contributed by atoms with Crippen molar-refractivity contribution < 1.29 is 4.79 Å². The van der Waals surface area contributed by atoms with Crippen molar-refractivity contribution in [2.24, 2.45) is 0 Å². The zero-order valence-corrected chi connectivity index (χ0v) is 17.1. The van der Waals surface area contributed by atoms with E-state index in [0.29, 0.717) is 9.21 Å². The molecule has 29 heavy (non-hydrogen) atoms. The van der Waals surface area contributed by atoms with Crippen LogP contribution in [-0.4, -0.2) is 5.78 Å². The van der Waals surface area contributed by atoms with Crippen molar-refractivity contribution in [3.05, 3.63) is 118 Å². The minimum atomic E-state index is -0.0406. The Balaban J connectivity index is 1.59. The van der Waals surface area contributed by atoms with Crippen molar-refractivity contribution >= 4 is 51.9 Å². The Morgan fingerprint density at radius 2 is 1.28 bits per heavy atom. The highest BCUT2D eigenvalue weighted by Gasteiger charge is 2.11. The zero-order valence-electron chi connectivity index (χ0n) is 15.5. The first-order chi connectivity index (χ1) is 14.2. The molecule has 0 radical (unpaired) electrons. The SMILES string of the molecule is O=C(/C=C/c1ccc(N(c2ccccc2)c2ccccc2)cc1)c1ccc(Cl)s1. The van der Waals surface area contributed by atoms with Crippen LogP contribution in [0.5, 0.6) is 0 Å². The highest BCUT2D eigenvalue weighted by molar-refractivity contribution is 7.18. The van der Waals surface area contributed by atoms with Crippen molar-refractivity contribution in [3.63, 3.8) is 0 Å². The summed E-state index contributed by atoms with van der Waals surface area (Å²) in [6, 6.07) is 32.2. The third-order valence-electron chi connectivity index (χ3n) is 4.42. The lowest BCUT2D eigenvalue weighted by Gasteiger charge is -2.25. The number of halogens is 1. The highest BCUT2D eigenvalue weighted by Crippen LogP contribution is 2.34. The molecular weight excluding hydrogens is 398 g/mol. The van der Waals surface area contributed by atoms with Crippen molar-refractivity contribution in [2.45, 2.75) is 0 Å². The first kappa shape index (κ1) is 19.2. The summed E-state index contributed by atoms with van der Waals surface area (Å²) in [5.74, 6) is -0.0406. The van der Waals surface area contributed by atoms with E-state index in [4.69, 9.17) is 11.6 Å². The minimum absolute atomic E-state index is 0.0406. The molecule has 0 saturated heterocycles. The number of anilines is 3. The molecule has 0 aliphatic rings. The maximum absolute atomic E-state index is 12.2. The van der Waals surface area contributed by atoms with Gasteiger partial charge >= 0.3 is 0 Å². The van der Waals surface area contributed by atoms with Gasteiger partial charge in [0.15, 0.2) is 5.78 Å². The van der Waals surface area contributed by atoms with Crippen LogP contribution in [0.1, 0.15) is 15.2 Å². The summed E-state index contributed by atoms with van der Waals surface area (Å²) < 4.78 is 0.619. The Labute approximate surface area is 179 Å². The third-order valence-corrected chi connectivity index (χ3v) is 5.67.